The summed E-state index contributed by atoms with van der Waals surface area (Å²) in [5, 5.41) is 16.4. The first-order valence-corrected chi connectivity index (χ1v) is 6.53. The number of hydrogen-bond acceptors (Lipinski definition) is 5. The Morgan fingerprint density at radius 1 is 1.29 bits per heavy atom. The van der Waals surface area contributed by atoms with Gasteiger partial charge in [0.2, 0.25) is 5.71 Å². The van der Waals surface area contributed by atoms with Gasteiger partial charge in [0.25, 0.3) is 0 Å². The topological polar surface area (TPSA) is 58.9 Å². The lowest BCUT2D eigenvalue weighted by molar-refractivity contribution is -0.129. The fraction of sp³-hybridized carbons (Fsp3) is 0.0909. The molecular formula is C11H9NO3S2. The number of thiophene rings is 2. The van der Waals surface area contributed by atoms with E-state index >= 15 is 0 Å². The number of aliphatic carboxylic acids is 1. The molecule has 0 spiro atoms. The molecule has 0 aliphatic carbocycles. The number of carboxylic acid groups (broad SMARTS) is 1. The van der Waals surface area contributed by atoms with E-state index in [4.69, 9.17) is 9.94 Å². The summed E-state index contributed by atoms with van der Waals surface area (Å²) in [7, 11) is 0. The van der Waals surface area contributed by atoms with E-state index in [1.807, 2.05) is 17.5 Å². The Balaban J connectivity index is 2.04. The van der Waals surface area contributed by atoms with Gasteiger partial charge in [-0.1, -0.05) is 17.3 Å². The van der Waals surface area contributed by atoms with Gasteiger partial charge in [0.05, 0.1) is 4.88 Å². The van der Waals surface area contributed by atoms with Crippen LogP contribution in [-0.4, -0.2) is 16.8 Å². The van der Waals surface area contributed by atoms with Crippen LogP contribution < -0.4 is 0 Å². The van der Waals surface area contributed by atoms with E-state index in [-0.39, 0.29) is 5.71 Å². The summed E-state index contributed by atoms with van der Waals surface area (Å²) in [5.74, 6) is -1.08. The molecule has 0 aromatic carbocycles. The average Bonchev–Trinajstić information content (AvgIpc) is 2.96. The lowest BCUT2D eigenvalue weighted by Crippen LogP contribution is -2.13. The molecule has 2 rings (SSSR count). The van der Waals surface area contributed by atoms with Crippen LogP contribution in [0.4, 0.5) is 0 Å². The second-order valence-corrected chi connectivity index (χ2v) is 5.06. The van der Waals surface area contributed by atoms with E-state index in [1.165, 1.54) is 11.3 Å². The Hall–Kier alpha value is -1.66. The molecule has 0 fully saturated rings. The molecule has 0 bridgehead atoms. The zero-order chi connectivity index (χ0) is 12.1. The van der Waals surface area contributed by atoms with Crippen LogP contribution in [0.2, 0.25) is 0 Å². The molecule has 0 atom stereocenters. The first-order valence-electron chi connectivity index (χ1n) is 4.77. The van der Waals surface area contributed by atoms with Gasteiger partial charge in [-0.2, -0.15) is 0 Å². The van der Waals surface area contributed by atoms with Crippen LogP contribution in [0, 0.1) is 0 Å². The highest BCUT2D eigenvalue weighted by Gasteiger charge is 2.14. The Morgan fingerprint density at radius 2 is 2.06 bits per heavy atom. The molecule has 0 saturated heterocycles. The van der Waals surface area contributed by atoms with Crippen molar-refractivity contribution in [2.45, 2.75) is 6.61 Å². The quantitative estimate of drug-likeness (QED) is 0.669. The van der Waals surface area contributed by atoms with Crippen molar-refractivity contribution in [1.82, 2.24) is 0 Å². The predicted molar refractivity (Wildman–Crippen MR) is 67.6 cm³/mol. The summed E-state index contributed by atoms with van der Waals surface area (Å²) < 4.78 is 0. The summed E-state index contributed by atoms with van der Waals surface area (Å²) in [5.41, 5.74) is -0.0587. The molecule has 0 aliphatic rings. The lowest BCUT2D eigenvalue weighted by atomic mass is 10.3. The third kappa shape index (κ3) is 3.15. The summed E-state index contributed by atoms with van der Waals surface area (Å²) in [6.45, 7) is 0.291. The van der Waals surface area contributed by atoms with Crippen molar-refractivity contribution in [3.63, 3.8) is 0 Å². The highest BCUT2D eigenvalue weighted by molar-refractivity contribution is 7.13. The maximum absolute atomic E-state index is 11.0. The van der Waals surface area contributed by atoms with Crippen LogP contribution in [0.3, 0.4) is 0 Å². The summed E-state index contributed by atoms with van der Waals surface area (Å²) in [6.07, 6.45) is 0. The van der Waals surface area contributed by atoms with Gasteiger partial charge in [0.1, 0.15) is 0 Å². The van der Waals surface area contributed by atoms with Crippen LogP contribution in [0.1, 0.15) is 9.75 Å². The Kier molecular flexibility index (Phi) is 3.89. The van der Waals surface area contributed by atoms with E-state index in [0.29, 0.717) is 11.5 Å². The monoisotopic (exact) mass is 267 g/mol. The van der Waals surface area contributed by atoms with Crippen molar-refractivity contribution in [3.8, 4) is 0 Å². The Morgan fingerprint density at radius 3 is 2.65 bits per heavy atom. The van der Waals surface area contributed by atoms with Crippen molar-refractivity contribution in [1.29, 1.82) is 0 Å². The highest BCUT2D eigenvalue weighted by atomic mass is 32.1. The van der Waals surface area contributed by atoms with Crippen LogP contribution in [0.15, 0.2) is 40.2 Å². The molecule has 88 valence electrons. The van der Waals surface area contributed by atoms with Gasteiger partial charge in [-0.15, -0.1) is 22.7 Å². The minimum Gasteiger partial charge on any atom is -0.476 e. The van der Waals surface area contributed by atoms with Crippen LogP contribution in [0.25, 0.3) is 0 Å². The molecule has 0 radical (unpaired) electrons. The van der Waals surface area contributed by atoms with Gasteiger partial charge in [-0.05, 0) is 22.9 Å². The standard InChI is InChI=1S/C11H9NO3S2/c13-11(14)10(9-4-2-6-17-9)12-15-7-8-3-1-5-16-8/h1-6H,7H2,(H,13,14). The molecule has 2 aromatic heterocycles. The van der Waals surface area contributed by atoms with Gasteiger partial charge in [-0.25, -0.2) is 4.79 Å². The van der Waals surface area contributed by atoms with Crippen molar-refractivity contribution < 1.29 is 14.7 Å². The number of rotatable bonds is 5. The summed E-state index contributed by atoms with van der Waals surface area (Å²) in [6, 6.07) is 7.29. The zero-order valence-corrected chi connectivity index (χ0v) is 10.3. The number of hydrogen-bond donors (Lipinski definition) is 1. The molecule has 0 aliphatic heterocycles. The molecule has 2 aromatic rings. The van der Waals surface area contributed by atoms with Crippen molar-refractivity contribution in [3.05, 3.63) is 44.8 Å². The highest BCUT2D eigenvalue weighted by Crippen LogP contribution is 2.13. The maximum Gasteiger partial charge on any atom is 0.359 e. The first-order chi connectivity index (χ1) is 8.27. The Labute approximate surface area is 106 Å². The number of carbonyl (C=O) groups is 1. The van der Waals surface area contributed by atoms with Gasteiger partial charge < -0.3 is 9.94 Å². The van der Waals surface area contributed by atoms with Gasteiger partial charge in [0, 0.05) is 4.88 Å². The molecule has 6 heteroatoms. The van der Waals surface area contributed by atoms with Crippen LogP contribution >= 0.6 is 22.7 Å². The molecule has 2 heterocycles. The molecular weight excluding hydrogens is 258 g/mol. The first kappa shape index (κ1) is 11.8. The molecule has 1 N–H and O–H groups in total. The minimum atomic E-state index is -1.08. The fourth-order valence-electron chi connectivity index (χ4n) is 1.16. The number of nitrogens with zero attached hydrogens (tertiary/aromatic N) is 1. The van der Waals surface area contributed by atoms with E-state index in [1.54, 1.807) is 28.8 Å². The van der Waals surface area contributed by atoms with Crippen molar-refractivity contribution >= 4 is 34.4 Å². The molecule has 0 amide bonds. The maximum atomic E-state index is 11.0. The van der Waals surface area contributed by atoms with Crippen LogP contribution in [-0.2, 0) is 16.2 Å². The van der Waals surface area contributed by atoms with E-state index in [0.717, 1.165) is 4.88 Å². The molecule has 17 heavy (non-hydrogen) atoms. The third-order valence-electron chi connectivity index (χ3n) is 1.90. The minimum absolute atomic E-state index is 0.0587. The van der Waals surface area contributed by atoms with Gasteiger partial charge >= 0.3 is 5.97 Å². The van der Waals surface area contributed by atoms with Gasteiger partial charge in [-0.3, -0.25) is 0 Å². The lowest BCUT2D eigenvalue weighted by Gasteiger charge is -1.99. The van der Waals surface area contributed by atoms with Crippen LogP contribution in [0.5, 0.6) is 0 Å². The SMILES string of the molecule is O=C(O)C(=NOCc1cccs1)c1cccs1. The second-order valence-electron chi connectivity index (χ2n) is 3.08. The van der Waals surface area contributed by atoms with E-state index < -0.39 is 5.97 Å². The largest absolute Gasteiger partial charge is 0.476 e. The molecule has 0 unspecified atom stereocenters. The summed E-state index contributed by atoms with van der Waals surface area (Å²) in [4.78, 5) is 17.6. The van der Waals surface area contributed by atoms with E-state index in [9.17, 15) is 4.79 Å². The average molecular weight is 267 g/mol. The molecule has 4 nitrogen and oxygen atoms in total. The Bertz CT molecular complexity index is 503. The third-order valence-corrected chi connectivity index (χ3v) is 3.63. The van der Waals surface area contributed by atoms with E-state index in [2.05, 4.69) is 5.16 Å². The van der Waals surface area contributed by atoms with Gasteiger partial charge in [0.15, 0.2) is 6.61 Å². The zero-order valence-electron chi connectivity index (χ0n) is 8.70. The normalized spacial score (nSPS) is 11.4. The number of oxime groups is 1. The second kappa shape index (κ2) is 5.60. The fourth-order valence-corrected chi connectivity index (χ4v) is 2.46. The van der Waals surface area contributed by atoms with Crippen molar-refractivity contribution in [2.75, 3.05) is 0 Å². The summed E-state index contributed by atoms with van der Waals surface area (Å²) >= 11 is 2.86. The smallest absolute Gasteiger partial charge is 0.359 e. The van der Waals surface area contributed by atoms with Crippen molar-refractivity contribution in [2.24, 2.45) is 5.16 Å². The molecule has 0 saturated carbocycles. The predicted octanol–water partition coefficient (Wildman–Crippen LogP) is 2.82. The number of carboxylic acids is 1.